The van der Waals surface area contributed by atoms with Gasteiger partial charge in [-0.2, -0.15) is 0 Å². The van der Waals surface area contributed by atoms with Crippen LogP contribution < -0.4 is 5.32 Å². The lowest BCUT2D eigenvalue weighted by Gasteiger charge is -2.44. The van der Waals surface area contributed by atoms with E-state index >= 15 is 0 Å². The predicted molar refractivity (Wildman–Crippen MR) is 99.5 cm³/mol. The molecule has 0 radical (unpaired) electrons. The highest BCUT2D eigenvalue weighted by atomic mass is 16.2. The molecule has 2 atom stereocenters. The quantitative estimate of drug-likeness (QED) is 0.737. The van der Waals surface area contributed by atoms with E-state index in [2.05, 4.69) is 5.32 Å². The highest BCUT2D eigenvalue weighted by Crippen LogP contribution is 2.35. The number of likely N-dealkylation sites (tertiary alicyclic amines) is 1. The Morgan fingerprint density at radius 1 is 1.08 bits per heavy atom. The fourth-order valence-electron chi connectivity index (χ4n) is 5.30. The third kappa shape index (κ3) is 3.47. The van der Waals surface area contributed by atoms with E-state index in [1.165, 1.54) is 30.6 Å². The van der Waals surface area contributed by atoms with Crippen molar-refractivity contribution in [2.24, 2.45) is 5.92 Å². The molecule has 2 saturated heterocycles. The van der Waals surface area contributed by atoms with Crippen LogP contribution in [0.4, 0.5) is 4.79 Å². The van der Waals surface area contributed by atoms with Crippen LogP contribution in [0.1, 0.15) is 78.1 Å². The first kappa shape index (κ1) is 19.2. The minimum Gasteiger partial charge on any atom is -0.338 e. The molecule has 6 heteroatoms. The normalized spacial score (nSPS) is 28.1. The van der Waals surface area contributed by atoms with E-state index in [0.29, 0.717) is 24.8 Å². The number of amides is 4. The fourth-order valence-corrected chi connectivity index (χ4v) is 5.30. The number of carbonyl (C=O) groups is 3. The molecular weight excluding hydrogens is 330 g/mol. The summed E-state index contributed by atoms with van der Waals surface area (Å²) < 4.78 is 0. The van der Waals surface area contributed by atoms with Crippen LogP contribution in [0.3, 0.4) is 0 Å². The average Bonchev–Trinajstić information content (AvgIpc) is 2.86. The maximum Gasteiger partial charge on any atom is 0.325 e. The highest BCUT2D eigenvalue weighted by Gasteiger charge is 2.50. The van der Waals surface area contributed by atoms with Crippen molar-refractivity contribution in [3.05, 3.63) is 0 Å². The second-order valence-corrected chi connectivity index (χ2v) is 8.24. The number of hydrogen-bond donors (Lipinski definition) is 1. The van der Waals surface area contributed by atoms with E-state index in [1.54, 1.807) is 0 Å². The lowest BCUT2D eigenvalue weighted by molar-refractivity contribution is -0.143. The molecule has 0 aromatic heterocycles. The maximum absolute atomic E-state index is 13.0. The van der Waals surface area contributed by atoms with Crippen molar-refractivity contribution >= 4 is 17.8 Å². The molecule has 6 nitrogen and oxygen atoms in total. The monoisotopic (exact) mass is 363 g/mol. The predicted octanol–water partition coefficient (Wildman–Crippen LogP) is 3.06. The van der Waals surface area contributed by atoms with Crippen LogP contribution in [0.25, 0.3) is 0 Å². The third-order valence-electron chi connectivity index (χ3n) is 6.46. The Morgan fingerprint density at radius 3 is 2.42 bits per heavy atom. The van der Waals surface area contributed by atoms with Crippen molar-refractivity contribution in [2.75, 3.05) is 13.1 Å². The summed E-state index contributed by atoms with van der Waals surface area (Å²) in [7, 11) is 0. The van der Waals surface area contributed by atoms with E-state index < -0.39 is 11.6 Å². The van der Waals surface area contributed by atoms with Gasteiger partial charge in [0.1, 0.15) is 12.1 Å². The Bertz CT molecular complexity index is 555. The molecule has 4 amide bonds. The number of urea groups is 1. The lowest BCUT2D eigenvalue weighted by atomic mass is 9.78. The standard InChI is InChI=1S/C20H33N3O3/c1-3-11-20(12-4-2)18(25)23(19(26)21-20)14-17(24)22-13-7-9-15-8-5-6-10-16(15)22/h15-16H,3-14H2,1-2H3,(H,21,26)/t15-,16-/m0/s1. The van der Waals surface area contributed by atoms with Crippen LogP contribution in [0.2, 0.25) is 0 Å². The molecule has 3 rings (SSSR count). The van der Waals surface area contributed by atoms with Crippen LogP contribution >= 0.6 is 0 Å². The molecule has 0 spiro atoms. The van der Waals surface area contributed by atoms with Crippen molar-refractivity contribution < 1.29 is 14.4 Å². The van der Waals surface area contributed by atoms with Crippen molar-refractivity contribution in [3.63, 3.8) is 0 Å². The zero-order chi connectivity index (χ0) is 18.7. The van der Waals surface area contributed by atoms with Crippen molar-refractivity contribution in [3.8, 4) is 0 Å². The molecule has 3 aliphatic rings. The van der Waals surface area contributed by atoms with E-state index in [-0.39, 0.29) is 18.4 Å². The number of imide groups is 1. The second-order valence-electron chi connectivity index (χ2n) is 8.24. The van der Waals surface area contributed by atoms with Crippen LogP contribution in [-0.4, -0.2) is 52.3 Å². The highest BCUT2D eigenvalue weighted by molar-refractivity contribution is 6.09. The van der Waals surface area contributed by atoms with Crippen molar-refractivity contribution in [2.45, 2.75) is 89.6 Å². The first-order chi connectivity index (χ1) is 12.5. The number of piperidine rings is 1. The zero-order valence-corrected chi connectivity index (χ0v) is 16.3. The van der Waals surface area contributed by atoms with Gasteiger partial charge in [0.2, 0.25) is 5.91 Å². The molecular formula is C20H33N3O3. The Morgan fingerprint density at radius 2 is 1.73 bits per heavy atom. The number of rotatable bonds is 6. The number of nitrogens with one attached hydrogen (secondary N) is 1. The van der Waals surface area contributed by atoms with Gasteiger partial charge in [0.25, 0.3) is 5.91 Å². The van der Waals surface area contributed by atoms with Gasteiger partial charge >= 0.3 is 6.03 Å². The zero-order valence-electron chi connectivity index (χ0n) is 16.3. The minimum atomic E-state index is -0.809. The molecule has 2 heterocycles. The van der Waals surface area contributed by atoms with Crippen LogP contribution in [-0.2, 0) is 9.59 Å². The van der Waals surface area contributed by atoms with Crippen LogP contribution in [0.15, 0.2) is 0 Å². The summed E-state index contributed by atoms with van der Waals surface area (Å²) >= 11 is 0. The number of nitrogens with zero attached hydrogens (tertiary/aromatic N) is 2. The van der Waals surface area contributed by atoms with Gasteiger partial charge in [-0.15, -0.1) is 0 Å². The molecule has 2 aliphatic heterocycles. The first-order valence-electron chi connectivity index (χ1n) is 10.5. The van der Waals surface area contributed by atoms with Gasteiger partial charge < -0.3 is 10.2 Å². The van der Waals surface area contributed by atoms with Gasteiger partial charge in [-0.1, -0.05) is 39.5 Å². The number of carbonyl (C=O) groups excluding carboxylic acids is 3. The molecule has 0 aromatic rings. The van der Waals surface area contributed by atoms with E-state index in [9.17, 15) is 14.4 Å². The summed E-state index contributed by atoms with van der Waals surface area (Å²) in [6.07, 6.45) is 9.83. The lowest BCUT2D eigenvalue weighted by Crippen LogP contribution is -2.53. The third-order valence-corrected chi connectivity index (χ3v) is 6.46. The van der Waals surface area contributed by atoms with Gasteiger partial charge in [-0.25, -0.2) is 4.79 Å². The molecule has 3 fully saturated rings. The topological polar surface area (TPSA) is 69.7 Å². The molecule has 146 valence electrons. The summed E-state index contributed by atoms with van der Waals surface area (Å²) in [6, 6.07) is -0.0933. The summed E-state index contributed by atoms with van der Waals surface area (Å²) in [5.41, 5.74) is -0.809. The summed E-state index contributed by atoms with van der Waals surface area (Å²) in [6.45, 7) is 4.69. The van der Waals surface area contributed by atoms with Gasteiger partial charge in [-0.3, -0.25) is 14.5 Å². The summed E-state index contributed by atoms with van der Waals surface area (Å²) in [5, 5.41) is 2.90. The largest absolute Gasteiger partial charge is 0.338 e. The number of fused-ring (bicyclic) bond motifs is 1. The van der Waals surface area contributed by atoms with Crippen LogP contribution in [0, 0.1) is 5.92 Å². The van der Waals surface area contributed by atoms with Crippen molar-refractivity contribution in [1.29, 1.82) is 0 Å². The Hall–Kier alpha value is -1.59. The second kappa shape index (κ2) is 7.97. The smallest absolute Gasteiger partial charge is 0.325 e. The van der Waals surface area contributed by atoms with Gasteiger partial charge in [-0.05, 0) is 44.4 Å². The van der Waals surface area contributed by atoms with Crippen LogP contribution in [0.5, 0.6) is 0 Å². The van der Waals surface area contributed by atoms with Crippen molar-refractivity contribution in [1.82, 2.24) is 15.1 Å². The molecule has 0 aromatic carbocycles. The number of hydrogen-bond acceptors (Lipinski definition) is 3. The maximum atomic E-state index is 13.0. The summed E-state index contributed by atoms with van der Waals surface area (Å²) in [4.78, 5) is 41.6. The van der Waals surface area contributed by atoms with Gasteiger partial charge in [0, 0.05) is 12.6 Å². The van der Waals surface area contributed by atoms with E-state index in [1.807, 2.05) is 18.7 Å². The van der Waals surface area contributed by atoms with Gasteiger partial charge in [0.15, 0.2) is 0 Å². The molecule has 0 unspecified atom stereocenters. The molecule has 26 heavy (non-hydrogen) atoms. The molecule has 1 aliphatic carbocycles. The molecule has 0 bridgehead atoms. The van der Waals surface area contributed by atoms with E-state index in [4.69, 9.17) is 0 Å². The Balaban J connectivity index is 1.70. The Labute approximate surface area is 156 Å². The SMILES string of the molecule is CCCC1(CCC)NC(=O)N(CC(=O)N2CCC[C@@H]3CCCC[C@@H]32)C1=O. The average molecular weight is 364 g/mol. The van der Waals surface area contributed by atoms with Gasteiger partial charge in [0.05, 0.1) is 0 Å². The summed E-state index contributed by atoms with van der Waals surface area (Å²) in [5.74, 6) is 0.328. The Kier molecular flexibility index (Phi) is 5.88. The molecule has 1 N–H and O–H groups in total. The fraction of sp³-hybridized carbons (Fsp3) is 0.850. The molecule has 1 saturated carbocycles. The first-order valence-corrected chi connectivity index (χ1v) is 10.5. The minimum absolute atomic E-state index is 0.0612. The van der Waals surface area contributed by atoms with E-state index in [0.717, 1.165) is 32.2 Å².